The van der Waals surface area contributed by atoms with Gasteiger partial charge in [-0.1, -0.05) is 0 Å². The van der Waals surface area contributed by atoms with Crippen LogP contribution in [0.2, 0.25) is 0 Å². The van der Waals surface area contributed by atoms with Gasteiger partial charge in [-0.15, -0.1) is 0 Å². The standard InChI is InChI=1S/C4H8IN/c6-5-3-1-2-4-5/h1,3H,2,4,6H2. The van der Waals surface area contributed by atoms with Crippen LogP contribution >= 0.6 is 20.1 Å². The predicted molar refractivity (Wildman–Crippen MR) is 36.8 cm³/mol. The summed E-state index contributed by atoms with van der Waals surface area (Å²) in [4.78, 5) is 0. The van der Waals surface area contributed by atoms with Gasteiger partial charge in [0.25, 0.3) is 0 Å². The summed E-state index contributed by atoms with van der Waals surface area (Å²) in [5.41, 5.74) is 0. The maximum absolute atomic E-state index is 5.60. The third kappa shape index (κ3) is 0.944. The van der Waals surface area contributed by atoms with E-state index in [-0.39, 0.29) is 0 Å². The molecule has 0 bridgehead atoms. The van der Waals surface area contributed by atoms with E-state index in [0.717, 1.165) is 0 Å². The van der Waals surface area contributed by atoms with Crippen LogP contribution in [0.5, 0.6) is 0 Å². The van der Waals surface area contributed by atoms with Gasteiger partial charge in [-0.2, -0.15) is 0 Å². The molecule has 0 aromatic carbocycles. The van der Waals surface area contributed by atoms with Gasteiger partial charge >= 0.3 is 45.0 Å². The van der Waals surface area contributed by atoms with Crippen molar-refractivity contribution >= 4 is 20.1 Å². The molecule has 0 aliphatic carbocycles. The summed E-state index contributed by atoms with van der Waals surface area (Å²) in [7, 11) is 0. The fraction of sp³-hybridized carbons (Fsp3) is 0.500. The number of hydrogen-bond acceptors (Lipinski definition) is 1. The van der Waals surface area contributed by atoms with Crippen molar-refractivity contribution in [2.75, 3.05) is 4.43 Å². The van der Waals surface area contributed by atoms with Gasteiger partial charge in [0.05, 0.1) is 0 Å². The van der Waals surface area contributed by atoms with E-state index in [4.69, 9.17) is 3.95 Å². The molecule has 1 aliphatic heterocycles. The van der Waals surface area contributed by atoms with Crippen LogP contribution in [0.4, 0.5) is 0 Å². The van der Waals surface area contributed by atoms with E-state index in [1.165, 1.54) is 10.8 Å². The Hall–Kier alpha value is 0.430. The van der Waals surface area contributed by atoms with Gasteiger partial charge in [-0.25, -0.2) is 0 Å². The third-order valence-electron chi connectivity index (χ3n) is 0.745. The van der Waals surface area contributed by atoms with Gasteiger partial charge in [0.1, 0.15) is 0 Å². The zero-order valence-corrected chi connectivity index (χ0v) is 5.68. The minimum atomic E-state index is -0.870. The first-order valence-corrected chi connectivity index (χ1v) is 5.96. The Labute approximate surface area is 45.3 Å². The number of hydrogen-bond donors (Lipinski definition) is 1. The van der Waals surface area contributed by atoms with Crippen molar-refractivity contribution in [3.05, 3.63) is 10.2 Å². The topological polar surface area (TPSA) is 26.0 Å². The zero-order valence-electron chi connectivity index (χ0n) is 3.52. The summed E-state index contributed by atoms with van der Waals surface area (Å²) in [6, 6.07) is 0. The molecule has 0 aromatic rings. The summed E-state index contributed by atoms with van der Waals surface area (Å²) in [6.07, 6.45) is 3.45. The fourth-order valence-electron chi connectivity index (χ4n) is 0.429. The molecule has 2 N–H and O–H groups in total. The average molecular weight is 197 g/mol. The normalized spacial score (nSPS) is 25.8. The first-order valence-electron chi connectivity index (χ1n) is 1.95. The first kappa shape index (κ1) is 4.59. The van der Waals surface area contributed by atoms with Gasteiger partial charge in [0, 0.05) is 0 Å². The van der Waals surface area contributed by atoms with Crippen LogP contribution in [-0.4, -0.2) is 4.43 Å². The van der Waals surface area contributed by atoms with Crippen LogP contribution < -0.4 is 3.95 Å². The monoisotopic (exact) mass is 197 g/mol. The molecule has 1 heterocycles. The summed E-state index contributed by atoms with van der Waals surface area (Å²) in [5.74, 6) is 0. The Morgan fingerprint density at radius 3 is 2.67 bits per heavy atom. The fourth-order valence-corrected chi connectivity index (χ4v) is 2.88. The van der Waals surface area contributed by atoms with E-state index in [1.807, 2.05) is 0 Å². The van der Waals surface area contributed by atoms with Crippen molar-refractivity contribution in [3.8, 4) is 0 Å². The SMILES string of the molecule is NI1C=CCC1. The molecule has 2 heteroatoms. The average Bonchev–Trinajstić information content (AvgIpc) is 1.86. The second kappa shape index (κ2) is 1.93. The molecular weight excluding hydrogens is 189 g/mol. The number of alkyl halides is 1. The molecule has 0 unspecified atom stereocenters. The summed E-state index contributed by atoms with van der Waals surface area (Å²) >= 11 is -0.870. The van der Waals surface area contributed by atoms with Crippen molar-refractivity contribution in [1.29, 1.82) is 0 Å². The van der Waals surface area contributed by atoms with E-state index in [0.29, 0.717) is 0 Å². The van der Waals surface area contributed by atoms with Crippen LogP contribution in [-0.2, 0) is 0 Å². The van der Waals surface area contributed by atoms with Gasteiger partial charge in [0.2, 0.25) is 0 Å². The second-order valence-corrected chi connectivity index (χ2v) is 5.55. The summed E-state index contributed by atoms with van der Waals surface area (Å²) in [5, 5.41) is 0. The van der Waals surface area contributed by atoms with Crippen molar-refractivity contribution in [2.24, 2.45) is 3.95 Å². The van der Waals surface area contributed by atoms with Gasteiger partial charge in [-0.05, 0) is 0 Å². The van der Waals surface area contributed by atoms with Crippen molar-refractivity contribution in [3.63, 3.8) is 0 Å². The molecule has 0 radical (unpaired) electrons. The number of rotatable bonds is 0. The van der Waals surface area contributed by atoms with Gasteiger partial charge in [0.15, 0.2) is 0 Å². The van der Waals surface area contributed by atoms with Crippen molar-refractivity contribution in [2.45, 2.75) is 6.42 Å². The Morgan fingerprint density at radius 1 is 1.67 bits per heavy atom. The van der Waals surface area contributed by atoms with E-state index >= 15 is 0 Å². The van der Waals surface area contributed by atoms with E-state index in [1.54, 1.807) is 0 Å². The predicted octanol–water partition coefficient (Wildman–Crippen LogP) is 1.28. The molecule has 0 amide bonds. The molecule has 0 saturated carbocycles. The number of allylic oxidation sites excluding steroid dienone is 1. The molecule has 6 heavy (non-hydrogen) atoms. The molecule has 0 fully saturated rings. The molecule has 1 aliphatic rings. The van der Waals surface area contributed by atoms with Crippen LogP contribution in [0.3, 0.4) is 0 Å². The molecule has 1 rings (SSSR count). The molecule has 36 valence electrons. The van der Waals surface area contributed by atoms with Crippen LogP contribution in [0.25, 0.3) is 0 Å². The van der Waals surface area contributed by atoms with Crippen LogP contribution in [0.15, 0.2) is 10.2 Å². The molecule has 0 atom stereocenters. The van der Waals surface area contributed by atoms with Crippen molar-refractivity contribution in [1.82, 2.24) is 0 Å². The molecule has 1 nitrogen and oxygen atoms in total. The minimum absolute atomic E-state index is 0.870. The van der Waals surface area contributed by atoms with E-state index < -0.39 is 20.1 Å². The first-order chi connectivity index (χ1) is 2.89. The Bertz CT molecular complexity index is 69.9. The van der Waals surface area contributed by atoms with Crippen LogP contribution in [0.1, 0.15) is 6.42 Å². The van der Waals surface area contributed by atoms with Gasteiger partial charge < -0.3 is 0 Å². The molecular formula is C4H8IN. The van der Waals surface area contributed by atoms with Gasteiger partial charge in [-0.3, -0.25) is 0 Å². The summed E-state index contributed by atoms with van der Waals surface area (Å²) < 4.78 is 9.13. The van der Waals surface area contributed by atoms with E-state index in [9.17, 15) is 0 Å². The molecule has 0 saturated heterocycles. The quantitative estimate of drug-likeness (QED) is 0.353. The van der Waals surface area contributed by atoms with Crippen LogP contribution in [0, 0.1) is 0 Å². The van der Waals surface area contributed by atoms with Crippen molar-refractivity contribution < 1.29 is 0 Å². The number of halogens is 1. The maximum atomic E-state index is 5.60. The second-order valence-electron chi connectivity index (χ2n) is 1.27. The molecule has 0 aromatic heterocycles. The van der Waals surface area contributed by atoms with E-state index in [2.05, 4.69) is 10.2 Å². The Kier molecular flexibility index (Phi) is 1.48. The summed E-state index contributed by atoms with van der Waals surface area (Å²) in [6.45, 7) is 0. The number of nitrogens with two attached hydrogens (primary N) is 1. The Balaban J connectivity index is 2.38. The molecule has 0 spiro atoms. The third-order valence-corrected chi connectivity index (χ3v) is 4.05. The Morgan fingerprint density at radius 2 is 2.50 bits per heavy atom. The zero-order chi connectivity index (χ0) is 4.41.